The van der Waals surface area contributed by atoms with Crippen LogP contribution in [0.25, 0.3) is 0 Å². The molecule has 0 bridgehead atoms. The van der Waals surface area contributed by atoms with Gasteiger partial charge in [-0.25, -0.2) is 0 Å². The van der Waals surface area contributed by atoms with E-state index in [9.17, 15) is 4.79 Å². The maximum Gasteiger partial charge on any atom is 0.220 e. The number of para-hydroxylation sites is 2. The largest absolute Gasteiger partial charge is 0.486 e. The maximum atomic E-state index is 11.4. The number of rotatable bonds is 6. The first-order valence-electron chi connectivity index (χ1n) is 11.5. The number of carbonyl (C=O) groups excluding carboxylic acids is 1. The Labute approximate surface area is 196 Å². The van der Waals surface area contributed by atoms with Crippen LogP contribution in [0.2, 0.25) is 0 Å². The summed E-state index contributed by atoms with van der Waals surface area (Å²) >= 11 is 0. The number of carbonyl (C=O) groups is 1. The van der Waals surface area contributed by atoms with Gasteiger partial charge in [0.05, 0.1) is 11.4 Å². The van der Waals surface area contributed by atoms with Gasteiger partial charge in [-0.1, -0.05) is 18.2 Å². The number of aliphatic hydroxyl groups excluding tert-OH is 1. The van der Waals surface area contributed by atoms with Gasteiger partial charge < -0.3 is 36.3 Å². The summed E-state index contributed by atoms with van der Waals surface area (Å²) in [6.45, 7) is 4.45. The minimum Gasteiger partial charge on any atom is -0.486 e. The summed E-state index contributed by atoms with van der Waals surface area (Å²) in [7, 11) is 2.17. The molecule has 8 heteroatoms. The maximum absolute atomic E-state index is 11.4. The highest BCUT2D eigenvalue weighted by Gasteiger charge is 2.11. The number of fused-ring (bicyclic) bond motifs is 1. The van der Waals surface area contributed by atoms with Crippen LogP contribution in [-0.4, -0.2) is 62.4 Å². The second kappa shape index (κ2) is 15.0. The molecule has 0 radical (unpaired) electrons. The Morgan fingerprint density at radius 3 is 2.21 bits per heavy atom. The minimum atomic E-state index is -0.0217. The zero-order valence-electron chi connectivity index (χ0n) is 19.6. The number of hydrogen-bond acceptors (Lipinski definition) is 7. The van der Waals surface area contributed by atoms with E-state index >= 15 is 0 Å². The monoisotopic (exact) mass is 458 g/mol. The molecule has 0 saturated carbocycles. The van der Waals surface area contributed by atoms with Gasteiger partial charge in [-0.2, -0.15) is 0 Å². The number of benzene rings is 2. The summed E-state index contributed by atoms with van der Waals surface area (Å²) in [5.74, 6) is 1.53. The molecule has 2 aliphatic heterocycles. The third-order valence-corrected chi connectivity index (χ3v) is 5.23. The van der Waals surface area contributed by atoms with Gasteiger partial charge >= 0.3 is 0 Å². The number of aliphatic hydroxyl groups is 1. The first-order chi connectivity index (χ1) is 16.0. The Morgan fingerprint density at radius 1 is 1.03 bits per heavy atom. The van der Waals surface area contributed by atoms with Crippen molar-refractivity contribution in [2.24, 2.45) is 0 Å². The molecular weight excluding hydrogens is 420 g/mol. The topological polar surface area (TPSA) is 123 Å². The van der Waals surface area contributed by atoms with Crippen LogP contribution in [-0.2, 0) is 11.2 Å². The van der Waals surface area contributed by atoms with E-state index in [4.69, 9.17) is 26.0 Å². The fraction of sp³-hybridized carbons (Fsp3) is 0.480. The summed E-state index contributed by atoms with van der Waals surface area (Å²) in [5.41, 5.74) is 13.2. The summed E-state index contributed by atoms with van der Waals surface area (Å²) < 4.78 is 11.0. The molecule has 8 nitrogen and oxygen atoms in total. The number of ether oxygens (including phenoxy) is 2. The molecule has 182 valence electrons. The van der Waals surface area contributed by atoms with Crippen LogP contribution in [0.1, 0.15) is 31.2 Å². The highest BCUT2D eigenvalue weighted by atomic mass is 16.6. The first kappa shape index (κ1) is 26.3. The predicted octanol–water partition coefficient (Wildman–Crippen LogP) is 2.45. The highest BCUT2D eigenvalue weighted by molar-refractivity contribution is 5.75. The SMILES string of the molecule is CN1CCCC1.Nc1ccccc1N.O=C(CCCO)NCCc1ccc2c(c1)OCCO2. The van der Waals surface area contributed by atoms with Crippen molar-refractivity contribution in [3.63, 3.8) is 0 Å². The Morgan fingerprint density at radius 2 is 1.67 bits per heavy atom. The lowest BCUT2D eigenvalue weighted by molar-refractivity contribution is -0.121. The van der Waals surface area contributed by atoms with E-state index in [1.807, 2.05) is 30.3 Å². The number of nitrogens with two attached hydrogens (primary N) is 2. The lowest BCUT2D eigenvalue weighted by Gasteiger charge is -2.18. The molecule has 0 aromatic heterocycles. The fourth-order valence-electron chi connectivity index (χ4n) is 3.30. The van der Waals surface area contributed by atoms with Crippen LogP contribution in [0.15, 0.2) is 42.5 Å². The Bertz CT molecular complexity index is 820. The summed E-state index contributed by atoms with van der Waals surface area (Å²) in [5, 5.41) is 11.4. The minimum absolute atomic E-state index is 0.0217. The first-order valence-corrected chi connectivity index (χ1v) is 11.5. The molecule has 33 heavy (non-hydrogen) atoms. The van der Waals surface area contributed by atoms with Crippen LogP contribution in [0.5, 0.6) is 11.5 Å². The number of amides is 1. The lowest BCUT2D eigenvalue weighted by Crippen LogP contribution is -2.25. The van der Waals surface area contributed by atoms with Crippen molar-refractivity contribution < 1.29 is 19.4 Å². The molecule has 0 unspecified atom stereocenters. The molecule has 4 rings (SSSR count). The zero-order valence-corrected chi connectivity index (χ0v) is 19.6. The van der Waals surface area contributed by atoms with Gasteiger partial charge in [0.2, 0.25) is 5.91 Å². The molecule has 0 atom stereocenters. The standard InChI is InChI=1S/C14H19NO4.C6H8N2.C5H11N/c16-7-1-2-14(17)15-6-5-11-3-4-12-13(10-11)19-9-8-18-12;7-5-3-1-2-4-6(5)8;1-6-4-2-3-5-6/h3-4,10,16H,1-2,5-9H2,(H,15,17);1-4H,7-8H2;2-5H2,1H3. The number of likely N-dealkylation sites (tertiary alicyclic amines) is 1. The molecule has 6 N–H and O–H groups in total. The zero-order chi connectivity index (χ0) is 23.9. The Hall–Kier alpha value is -2.97. The van der Waals surface area contributed by atoms with Crippen LogP contribution >= 0.6 is 0 Å². The smallest absolute Gasteiger partial charge is 0.220 e. The highest BCUT2D eigenvalue weighted by Crippen LogP contribution is 2.30. The van der Waals surface area contributed by atoms with Crippen molar-refractivity contribution in [1.82, 2.24) is 10.2 Å². The molecule has 2 aliphatic rings. The number of nitrogens with one attached hydrogen (secondary N) is 1. The van der Waals surface area contributed by atoms with Gasteiger partial charge in [-0.05, 0) is 75.6 Å². The quantitative estimate of drug-likeness (QED) is 0.490. The van der Waals surface area contributed by atoms with Crippen LogP contribution in [0, 0.1) is 0 Å². The molecular formula is C25H38N4O4. The van der Waals surface area contributed by atoms with E-state index < -0.39 is 0 Å². The number of hydrogen-bond donors (Lipinski definition) is 4. The number of nitrogen functional groups attached to an aromatic ring is 2. The Kier molecular flexibility index (Phi) is 11.9. The predicted molar refractivity (Wildman–Crippen MR) is 132 cm³/mol. The second-order valence-corrected chi connectivity index (χ2v) is 8.04. The molecule has 2 aromatic rings. The third kappa shape index (κ3) is 10.5. The fourth-order valence-corrected chi connectivity index (χ4v) is 3.30. The summed E-state index contributed by atoms with van der Waals surface area (Å²) in [4.78, 5) is 13.7. The van der Waals surface area contributed by atoms with E-state index in [1.165, 1.54) is 25.9 Å². The molecule has 2 aromatic carbocycles. The van der Waals surface area contributed by atoms with Crippen LogP contribution in [0.4, 0.5) is 11.4 Å². The average molecular weight is 459 g/mol. The van der Waals surface area contributed by atoms with Gasteiger partial charge in [-0.3, -0.25) is 4.79 Å². The van der Waals surface area contributed by atoms with E-state index in [0.717, 1.165) is 23.5 Å². The van der Waals surface area contributed by atoms with Gasteiger partial charge in [0, 0.05) is 19.6 Å². The van der Waals surface area contributed by atoms with Crippen LogP contribution < -0.4 is 26.3 Å². The van der Waals surface area contributed by atoms with Gasteiger partial charge in [0.15, 0.2) is 11.5 Å². The summed E-state index contributed by atoms with van der Waals surface area (Å²) in [6, 6.07) is 13.1. The summed E-state index contributed by atoms with van der Waals surface area (Å²) in [6.07, 6.45) is 4.46. The third-order valence-electron chi connectivity index (χ3n) is 5.23. The van der Waals surface area contributed by atoms with E-state index in [2.05, 4.69) is 17.3 Å². The van der Waals surface area contributed by atoms with E-state index in [-0.39, 0.29) is 12.5 Å². The van der Waals surface area contributed by atoms with E-state index in [0.29, 0.717) is 44.0 Å². The average Bonchev–Trinajstić information content (AvgIpc) is 3.31. The number of anilines is 2. The van der Waals surface area contributed by atoms with Crippen molar-refractivity contribution in [3.8, 4) is 11.5 Å². The molecule has 0 aliphatic carbocycles. The van der Waals surface area contributed by atoms with Crippen molar-refractivity contribution in [3.05, 3.63) is 48.0 Å². The number of nitrogens with zero attached hydrogens (tertiary/aromatic N) is 1. The van der Waals surface area contributed by atoms with Gasteiger partial charge in [-0.15, -0.1) is 0 Å². The van der Waals surface area contributed by atoms with E-state index in [1.54, 1.807) is 12.1 Å². The van der Waals surface area contributed by atoms with Crippen LogP contribution in [0.3, 0.4) is 0 Å². The molecule has 1 fully saturated rings. The van der Waals surface area contributed by atoms with Gasteiger partial charge in [0.1, 0.15) is 13.2 Å². The molecule has 2 heterocycles. The molecule has 1 amide bonds. The van der Waals surface area contributed by atoms with Gasteiger partial charge in [0.25, 0.3) is 0 Å². The molecule has 1 saturated heterocycles. The van der Waals surface area contributed by atoms with Crippen molar-refractivity contribution in [2.45, 2.75) is 32.1 Å². The van der Waals surface area contributed by atoms with Crippen molar-refractivity contribution >= 4 is 17.3 Å². The van der Waals surface area contributed by atoms with Crippen molar-refractivity contribution in [2.75, 3.05) is 58.0 Å². The molecule has 0 spiro atoms. The lowest BCUT2D eigenvalue weighted by atomic mass is 10.1. The normalized spacial score (nSPS) is 14.4. The van der Waals surface area contributed by atoms with Crippen molar-refractivity contribution in [1.29, 1.82) is 0 Å². The Balaban J connectivity index is 0.000000223. The second-order valence-electron chi connectivity index (χ2n) is 8.04.